The quantitative estimate of drug-likeness (QED) is 0.735. The van der Waals surface area contributed by atoms with Crippen LogP contribution in [0.1, 0.15) is 11.1 Å². The van der Waals surface area contributed by atoms with Crippen molar-refractivity contribution in [2.75, 3.05) is 11.1 Å². The largest absolute Gasteiger partial charge is 0.396 e. The van der Waals surface area contributed by atoms with Crippen molar-refractivity contribution < 1.29 is 0 Å². The fourth-order valence-electron chi connectivity index (χ4n) is 2.09. The summed E-state index contributed by atoms with van der Waals surface area (Å²) >= 11 is 5.93. The van der Waals surface area contributed by atoms with Crippen molar-refractivity contribution in [3.05, 3.63) is 77.2 Å². The summed E-state index contributed by atoms with van der Waals surface area (Å²) in [4.78, 5) is 8.29. The maximum atomic E-state index is 5.93. The first-order valence-electron chi connectivity index (χ1n) is 7.07. The van der Waals surface area contributed by atoms with Crippen LogP contribution in [0.3, 0.4) is 0 Å². The average Bonchev–Trinajstić information content (AvgIpc) is 2.56. The molecule has 114 valence electrons. The van der Waals surface area contributed by atoms with Crippen molar-refractivity contribution in [3.8, 4) is 0 Å². The van der Waals surface area contributed by atoms with Crippen LogP contribution in [0.4, 0.5) is 17.2 Å². The molecule has 3 aromatic rings. The maximum Gasteiger partial charge on any atom is 0.153 e. The number of hydrogen-bond acceptors (Lipinski definition) is 4. The Morgan fingerprint density at radius 2 is 1.87 bits per heavy atom. The summed E-state index contributed by atoms with van der Waals surface area (Å²) in [6.45, 7) is 0. The molecule has 0 radical (unpaired) electrons. The van der Waals surface area contributed by atoms with Crippen molar-refractivity contribution in [3.63, 3.8) is 0 Å². The zero-order valence-electron chi connectivity index (χ0n) is 12.3. The number of aromatic nitrogens is 2. The molecule has 0 atom stereocenters. The molecule has 3 rings (SSSR count). The van der Waals surface area contributed by atoms with Gasteiger partial charge >= 0.3 is 0 Å². The zero-order chi connectivity index (χ0) is 16.1. The molecule has 23 heavy (non-hydrogen) atoms. The van der Waals surface area contributed by atoms with Gasteiger partial charge in [-0.1, -0.05) is 35.9 Å². The highest BCUT2D eigenvalue weighted by atomic mass is 35.5. The van der Waals surface area contributed by atoms with Crippen LogP contribution in [-0.2, 0) is 0 Å². The van der Waals surface area contributed by atoms with Gasteiger partial charge in [0.1, 0.15) is 0 Å². The number of benzene rings is 1. The van der Waals surface area contributed by atoms with Gasteiger partial charge in [-0.2, -0.15) is 0 Å². The number of nitrogens with two attached hydrogens (primary N) is 1. The Labute approximate surface area is 139 Å². The molecule has 0 saturated carbocycles. The Hall–Kier alpha value is -2.85. The minimum atomic E-state index is 0.610. The monoisotopic (exact) mass is 322 g/mol. The van der Waals surface area contributed by atoms with Crippen molar-refractivity contribution >= 4 is 40.9 Å². The normalized spacial score (nSPS) is 10.8. The molecule has 0 fully saturated rings. The van der Waals surface area contributed by atoms with Crippen LogP contribution in [-0.4, -0.2) is 9.97 Å². The van der Waals surface area contributed by atoms with Crippen LogP contribution in [0.2, 0.25) is 5.02 Å². The highest BCUT2D eigenvalue weighted by molar-refractivity contribution is 6.30. The Morgan fingerprint density at radius 3 is 2.70 bits per heavy atom. The van der Waals surface area contributed by atoms with Gasteiger partial charge in [-0.15, -0.1) is 0 Å². The molecule has 4 nitrogen and oxygen atoms in total. The van der Waals surface area contributed by atoms with Gasteiger partial charge in [0.2, 0.25) is 0 Å². The molecule has 2 heterocycles. The minimum Gasteiger partial charge on any atom is -0.396 e. The van der Waals surface area contributed by atoms with E-state index >= 15 is 0 Å². The summed E-state index contributed by atoms with van der Waals surface area (Å²) < 4.78 is 0. The van der Waals surface area contributed by atoms with E-state index in [0.717, 1.165) is 16.8 Å². The minimum absolute atomic E-state index is 0.610. The van der Waals surface area contributed by atoms with Gasteiger partial charge in [0.25, 0.3) is 0 Å². The molecule has 0 aliphatic rings. The highest BCUT2D eigenvalue weighted by Crippen LogP contribution is 2.21. The molecular weight excluding hydrogens is 308 g/mol. The van der Waals surface area contributed by atoms with E-state index in [-0.39, 0.29) is 0 Å². The lowest BCUT2D eigenvalue weighted by Crippen LogP contribution is -1.98. The van der Waals surface area contributed by atoms with Crippen LogP contribution in [0, 0.1) is 0 Å². The van der Waals surface area contributed by atoms with E-state index in [4.69, 9.17) is 17.3 Å². The zero-order valence-corrected chi connectivity index (χ0v) is 13.0. The standard InChI is InChI=1S/C18H15ClN4/c19-15-9-14(11-21-12-15)7-6-13-3-1-4-16(10-13)23-18-17(20)5-2-8-22-18/h1-12H,20H2,(H,22,23)/b7-6+. The number of halogens is 1. The van der Waals surface area contributed by atoms with E-state index in [0.29, 0.717) is 16.5 Å². The lowest BCUT2D eigenvalue weighted by atomic mass is 10.1. The fraction of sp³-hybridized carbons (Fsp3) is 0. The molecule has 3 N–H and O–H groups in total. The molecule has 0 amide bonds. The van der Waals surface area contributed by atoms with Gasteiger partial charge in [-0.05, 0) is 41.5 Å². The molecule has 0 spiro atoms. The summed E-state index contributed by atoms with van der Waals surface area (Å²) in [5, 5.41) is 3.84. The van der Waals surface area contributed by atoms with Crippen LogP contribution in [0.25, 0.3) is 12.2 Å². The second-order valence-electron chi connectivity index (χ2n) is 4.96. The summed E-state index contributed by atoms with van der Waals surface area (Å²) in [5.74, 6) is 0.646. The van der Waals surface area contributed by atoms with Crippen molar-refractivity contribution in [2.45, 2.75) is 0 Å². The third-order valence-electron chi connectivity index (χ3n) is 3.18. The number of nitrogens with one attached hydrogen (secondary N) is 1. The van der Waals surface area contributed by atoms with Gasteiger partial charge in [0.15, 0.2) is 5.82 Å². The molecule has 0 aliphatic carbocycles. The Morgan fingerprint density at radius 1 is 1.00 bits per heavy atom. The first-order chi connectivity index (χ1) is 11.2. The van der Waals surface area contributed by atoms with E-state index in [1.165, 1.54) is 0 Å². The predicted molar refractivity (Wildman–Crippen MR) is 96.5 cm³/mol. The lowest BCUT2D eigenvalue weighted by molar-refractivity contribution is 1.31. The van der Waals surface area contributed by atoms with E-state index in [1.54, 1.807) is 24.7 Å². The maximum absolute atomic E-state index is 5.93. The highest BCUT2D eigenvalue weighted by Gasteiger charge is 2.00. The van der Waals surface area contributed by atoms with Crippen molar-refractivity contribution in [1.82, 2.24) is 9.97 Å². The van der Waals surface area contributed by atoms with Crippen molar-refractivity contribution in [2.24, 2.45) is 0 Å². The van der Waals surface area contributed by atoms with E-state index in [9.17, 15) is 0 Å². The first kappa shape index (κ1) is 15.1. The predicted octanol–water partition coefficient (Wildman–Crippen LogP) is 4.63. The number of hydrogen-bond donors (Lipinski definition) is 2. The Kier molecular flexibility index (Phi) is 4.54. The molecule has 0 aliphatic heterocycles. The number of anilines is 3. The first-order valence-corrected chi connectivity index (χ1v) is 7.45. The van der Waals surface area contributed by atoms with Crippen LogP contribution < -0.4 is 11.1 Å². The number of nitrogens with zero attached hydrogens (tertiary/aromatic N) is 2. The molecule has 5 heteroatoms. The molecular formula is C18H15ClN4. The van der Waals surface area contributed by atoms with Crippen LogP contribution >= 0.6 is 11.6 Å². The summed E-state index contributed by atoms with van der Waals surface area (Å²) in [6.07, 6.45) is 9.04. The van der Waals surface area contributed by atoms with Crippen LogP contribution in [0.15, 0.2) is 61.1 Å². The number of rotatable bonds is 4. The third-order valence-corrected chi connectivity index (χ3v) is 3.39. The Balaban J connectivity index is 1.79. The van der Waals surface area contributed by atoms with E-state index < -0.39 is 0 Å². The molecule has 0 unspecified atom stereocenters. The van der Waals surface area contributed by atoms with Crippen LogP contribution in [0.5, 0.6) is 0 Å². The number of nitrogen functional groups attached to an aromatic ring is 1. The van der Waals surface area contributed by atoms with E-state index in [1.807, 2.05) is 48.6 Å². The van der Waals surface area contributed by atoms with Gasteiger partial charge in [0, 0.05) is 24.3 Å². The SMILES string of the molecule is Nc1cccnc1Nc1cccc(/C=C/c2cncc(Cl)c2)c1. The summed E-state index contributed by atoms with van der Waals surface area (Å²) in [5.41, 5.74) is 9.42. The second kappa shape index (κ2) is 6.94. The average molecular weight is 323 g/mol. The third kappa shape index (κ3) is 4.08. The lowest BCUT2D eigenvalue weighted by Gasteiger charge is -2.08. The molecule has 0 bridgehead atoms. The second-order valence-corrected chi connectivity index (χ2v) is 5.40. The van der Waals surface area contributed by atoms with Gasteiger partial charge < -0.3 is 11.1 Å². The van der Waals surface area contributed by atoms with Gasteiger partial charge in [-0.3, -0.25) is 4.98 Å². The molecule has 1 aromatic carbocycles. The van der Waals surface area contributed by atoms with Gasteiger partial charge in [0.05, 0.1) is 10.7 Å². The summed E-state index contributed by atoms with van der Waals surface area (Å²) in [6, 6.07) is 13.4. The van der Waals surface area contributed by atoms with Gasteiger partial charge in [-0.25, -0.2) is 4.98 Å². The fourth-order valence-corrected chi connectivity index (χ4v) is 2.27. The smallest absolute Gasteiger partial charge is 0.153 e. The molecule has 0 saturated heterocycles. The topological polar surface area (TPSA) is 63.8 Å². The van der Waals surface area contributed by atoms with E-state index in [2.05, 4.69) is 15.3 Å². The summed E-state index contributed by atoms with van der Waals surface area (Å²) in [7, 11) is 0. The molecule has 2 aromatic heterocycles. The Bertz CT molecular complexity index is 846. The van der Waals surface area contributed by atoms with Crippen molar-refractivity contribution in [1.29, 1.82) is 0 Å². The number of pyridine rings is 2.